The number of hydrogen-bond donors (Lipinski definition) is 3. The van der Waals surface area contributed by atoms with Crippen LogP contribution in [0.3, 0.4) is 0 Å². The minimum absolute atomic E-state index is 0.0213. The highest BCUT2D eigenvalue weighted by molar-refractivity contribution is 5.74. The zero-order chi connectivity index (χ0) is 13.5. The van der Waals surface area contributed by atoms with E-state index >= 15 is 0 Å². The topological polar surface area (TPSA) is 70.6 Å². The third-order valence-corrected chi connectivity index (χ3v) is 3.34. The number of carbonyl (C=O) groups is 1. The highest BCUT2D eigenvalue weighted by Crippen LogP contribution is 2.16. The van der Waals surface area contributed by atoms with E-state index in [1.54, 1.807) is 0 Å². The number of aliphatic hydroxyl groups excluding tert-OH is 1. The molecule has 1 aliphatic rings. The van der Waals surface area contributed by atoms with Gasteiger partial charge in [0.2, 0.25) is 0 Å². The first-order valence-corrected chi connectivity index (χ1v) is 6.78. The summed E-state index contributed by atoms with van der Waals surface area (Å²) in [6, 6.07) is -0.267. The fraction of sp³-hybridized carbons (Fsp3) is 0.923. The second-order valence-electron chi connectivity index (χ2n) is 5.54. The lowest BCUT2D eigenvalue weighted by molar-refractivity contribution is 0.176. The number of amides is 2. The summed E-state index contributed by atoms with van der Waals surface area (Å²) in [7, 11) is 0. The maximum atomic E-state index is 11.8. The maximum absolute atomic E-state index is 11.8. The number of hydrogen-bond acceptors (Lipinski definition) is 3. The van der Waals surface area contributed by atoms with Gasteiger partial charge in [-0.2, -0.15) is 0 Å². The summed E-state index contributed by atoms with van der Waals surface area (Å²) in [4.78, 5) is 11.8. The summed E-state index contributed by atoms with van der Waals surface area (Å²) in [6.45, 7) is 7.62. The van der Waals surface area contributed by atoms with Crippen LogP contribution in [-0.2, 0) is 4.74 Å². The van der Waals surface area contributed by atoms with Gasteiger partial charge in [-0.15, -0.1) is 0 Å². The molecule has 0 aromatic carbocycles. The Hall–Kier alpha value is -0.810. The van der Waals surface area contributed by atoms with Crippen LogP contribution in [0.25, 0.3) is 0 Å². The highest BCUT2D eigenvalue weighted by Gasteiger charge is 2.24. The van der Waals surface area contributed by atoms with E-state index in [0.29, 0.717) is 11.8 Å². The van der Waals surface area contributed by atoms with E-state index < -0.39 is 0 Å². The average molecular weight is 258 g/mol. The lowest BCUT2D eigenvalue weighted by Crippen LogP contribution is -2.49. The maximum Gasteiger partial charge on any atom is 0.315 e. The molecule has 3 atom stereocenters. The van der Waals surface area contributed by atoms with Crippen LogP contribution in [0.2, 0.25) is 0 Å². The average Bonchev–Trinajstić information content (AvgIpc) is 2.80. The van der Waals surface area contributed by atoms with Gasteiger partial charge < -0.3 is 20.5 Å². The van der Waals surface area contributed by atoms with Gasteiger partial charge in [-0.25, -0.2) is 4.79 Å². The zero-order valence-corrected chi connectivity index (χ0v) is 11.6. The van der Waals surface area contributed by atoms with E-state index in [-0.39, 0.29) is 24.7 Å². The Morgan fingerprint density at radius 1 is 1.39 bits per heavy atom. The van der Waals surface area contributed by atoms with Crippen molar-refractivity contribution in [3.05, 3.63) is 0 Å². The second-order valence-corrected chi connectivity index (χ2v) is 5.54. The summed E-state index contributed by atoms with van der Waals surface area (Å²) < 4.78 is 5.30. The van der Waals surface area contributed by atoms with Gasteiger partial charge in [-0.1, -0.05) is 13.8 Å². The molecule has 106 valence electrons. The van der Waals surface area contributed by atoms with E-state index in [2.05, 4.69) is 24.5 Å². The first-order valence-electron chi connectivity index (χ1n) is 6.78. The minimum atomic E-state index is -0.200. The third kappa shape index (κ3) is 5.23. The van der Waals surface area contributed by atoms with Gasteiger partial charge in [-0.05, 0) is 25.7 Å². The molecule has 0 aromatic heterocycles. The van der Waals surface area contributed by atoms with Crippen molar-refractivity contribution in [2.45, 2.75) is 45.7 Å². The predicted molar refractivity (Wildman–Crippen MR) is 70.4 cm³/mol. The molecule has 3 N–H and O–H groups in total. The molecule has 0 spiro atoms. The van der Waals surface area contributed by atoms with E-state index in [1.165, 1.54) is 0 Å². The molecule has 0 radical (unpaired) electrons. The molecule has 1 saturated heterocycles. The number of ether oxygens (including phenoxy) is 1. The predicted octanol–water partition coefficient (Wildman–Crippen LogP) is 1.12. The Kier molecular flexibility index (Phi) is 6.43. The van der Waals surface area contributed by atoms with Crippen LogP contribution in [0.5, 0.6) is 0 Å². The van der Waals surface area contributed by atoms with Crippen molar-refractivity contribution in [1.29, 1.82) is 0 Å². The van der Waals surface area contributed by atoms with Gasteiger partial charge in [-0.3, -0.25) is 0 Å². The third-order valence-electron chi connectivity index (χ3n) is 3.34. The number of aliphatic hydroxyl groups is 1. The number of rotatable bonds is 6. The standard InChI is InChI=1S/C13H26N2O3/c1-9(2)6-12(7-16)15-13(17)14-10(3)11-4-5-18-8-11/h9-12,16H,4-8H2,1-3H3,(H2,14,15,17). The largest absolute Gasteiger partial charge is 0.394 e. The number of carbonyl (C=O) groups excluding carboxylic acids is 1. The van der Waals surface area contributed by atoms with E-state index in [4.69, 9.17) is 4.74 Å². The first kappa shape index (κ1) is 15.2. The van der Waals surface area contributed by atoms with Crippen molar-refractivity contribution in [3.63, 3.8) is 0 Å². The minimum Gasteiger partial charge on any atom is -0.394 e. The van der Waals surface area contributed by atoms with E-state index in [0.717, 1.165) is 26.1 Å². The van der Waals surface area contributed by atoms with Gasteiger partial charge in [0.15, 0.2) is 0 Å². The Morgan fingerprint density at radius 2 is 2.11 bits per heavy atom. The van der Waals surface area contributed by atoms with Crippen molar-refractivity contribution in [1.82, 2.24) is 10.6 Å². The molecule has 3 unspecified atom stereocenters. The molecular formula is C13H26N2O3. The molecule has 18 heavy (non-hydrogen) atoms. The SMILES string of the molecule is CC(C)CC(CO)NC(=O)NC(C)C1CCOC1. The van der Waals surface area contributed by atoms with Crippen LogP contribution in [0.1, 0.15) is 33.6 Å². The quantitative estimate of drug-likeness (QED) is 0.668. The van der Waals surface area contributed by atoms with Crippen LogP contribution < -0.4 is 10.6 Å². The van der Waals surface area contributed by atoms with Gasteiger partial charge in [0.25, 0.3) is 0 Å². The molecule has 0 aromatic rings. The lowest BCUT2D eigenvalue weighted by Gasteiger charge is -2.23. The van der Waals surface area contributed by atoms with Gasteiger partial charge in [0.05, 0.1) is 19.3 Å². The number of nitrogens with one attached hydrogen (secondary N) is 2. The van der Waals surface area contributed by atoms with Crippen LogP contribution in [0, 0.1) is 11.8 Å². The Balaban J connectivity index is 2.30. The fourth-order valence-corrected chi connectivity index (χ4v) is 2.25. The Morgan fingerprint density at radius 3 is 2.61 bits per heavy atom. The molecule has 0 aliphatic carbocycles. The number of urea groups is 1. The summed E-state index contributed by atoms with van der Waals surface area (Å²) in [6.07, 6.45) is 1.78. The van der Waals surface area contributed by atoms with Crippen molar-refractivity contribution in [2.24, 2.45) is 11.8 Å². The Labute approximate surface area is 109 Å². The first-order chi connectivity index (χ1) is 8.52. The monoisotopic (exact) mass is 258 g/mol. The summed E-state index contributed by atoms with van der Waals surface area (Å²) in [5.41, 5.74) is 0. The van der Waals surface area contributed by atoms with Crippen LogP contribution in [-0.4, -0.2) is 43.0 Å². The Bertz CT molecular complexity index is 247. The van der Waals surface area contributed by atoms with Crippen molar-refractivity contribution in [2.75, 3.05) is 19.8 Å². The molecular weight excluding hydrogens is 232 g/mol. The summed E-state index contributed by atoms with van der Waals surface area (Å²) in [5.74, 6) is 0.844. The van der Waals surface area contributed by atoms with Gasteiger partial charge in [0, 0.05) is 18.6 Å². The highest BCUT2D eigenvalue weighted by atomic mass is 16.5. The second kappa shape index (κ2) is 7.59. The molecule has 2 amide bonds. The molecule has 0 bridgehead atoms. The zero-order valence-electron chi connectivity index (χ0n) is 11.6. The van der Waals surface area contributed by atoms with Crippen molar-refractivity contribution >= 4 is 6.03 Å². The van der Waals surface area contributed by atoms with E-state index in [9.17, 15) is 9.90 Å². The van der Waals surface area contributed by atoms with E-state index in [1.807, 2.05) is 6.92 Å². The summed E-state index contributed by atoms with van der Waals surface area (Å²) in [5, 5.41) is 14.9. The molecule has 1 rings (SSSR count). The molecule has 1 heterocycles. The molecule has 5 heteroatoms. The molecule has 5 nitrogen and oxygen atoms in total. The molecule has 1 fully saturated rings. The normalized spacial score (nSPS) is 22.8. The van der Waals surface area contributed by atoms with Crippen LogP contribution >= 0.6 is 0 Å². The van der Waals surface area contributed by atoms with Crippen molar-refractivity contribution in [3.8, 4) is 0 Å². The lowest BCUT2D eigenvalue weighted by atomic mass is 10.0. The molecule has 0 saturated carbocycles. The summed E-state index contributed by atoms with van der Waals surface area (Å²) >= 11 is 0. The smallest absolute Gasteiger partial charge is 0.315 e. The van der Waals surface area contributed by atoms with Gasteiger partial charge >= 0.3 is 6.03 Å². The fourth-order valence-electron chi connectivity index (χ4n) is 2.25. The van der Waals surface area contributed by atoms with Crippen LogP contribution in [0.4, 0.5) is 4.79 Å². The van der Waals surface area contributed by atoms with Gasteiger partial charge in [0.1, 0.15) is 0 Å². The molecule has 1 aliphatic heterocycles. The van der Waals surface area contributed by atoms with Crippen molar-refractivity contribution < 1.29 is 14.6 Å². The van der Waals surface area contributed by atoms with Crippen LogP contribution in [0.15, 0.2) is 0 Å².